The van der Waals surface area contributed by atoms with Gasteiger partial charge in [-0.15, -0.1) is 0 Å². The van der Waals surface area contributed by atoms with Gasteiger partial charge in [0.25, 0.3) is 5.91 Å². The fourth-order valence-corrected chi connectivity index (χ4v) is 3.33. The van der Waals surface area contributed by atoms with Crippen LogP contribution >= 0.6 is 0 Å². The second-order valence-electron chi connectivity index (χ2n) is 7.06. The van der Waals surface area contributed by atoms with Crippen LogP contribution in [0.1, 0.15) is 27.3 Å². The summed E-state index contributed by atoms with van der Waals surface area (Å²) in [7, 11) is 0. The highest BCUT2D eigenvalue weighted by molar-refractivity contribution is 5.97. The molecule has 0 bridgehead atoms. The van der Waals surface area contributed by atoms with Crippen LogP contribution in [-0.2, 0) is 6.42 Å². The van der Waals surface area contributed by atoms with Gasteiger partial charge in [-0.2, -0.15) is 0 Å². The predicted octanol–water partition coefficient (Wildman–Crippen LogP) is 2.34. The lowest BCUT2D eigenvalue weighted by Gasteiger charge is -2.37. The fraction of sp³-hybridized carbons (Fsp3) is 0.286. The van der Waals surface area contributed by atoms with Crippen LogP contribution in [0.2, 0.25) is 0 Å². The summed E-state index contributed by atoms with van der Waals surface area (Å²) < 4.78 is 5.77. The molecule has 0 saturated heterocycles. The third-order valence-electron chi connectivity index (χ3n) is 5.02. The number of para-hydroxylation sites is 1. The maximum absolute atomic E-state index is 12.9. The number of benzene rings is 2. The van der Waals surface area contributed by atoms with Crippen molar-refractivity contribution in [3.05, 3.63) is 65.0 Å². The van der Waals surface area contributed by atoms with Gasteiger partial charge in [0.2, 0.25) is 0 Å². The molecular formula is C21H21N3O3. The molecule has 1 aromatic heterocycles. The van der Waals surface area contributed by atoms with Gasteiger partial charge in [0.1, 0.15) is 17.9 Å². The van der Waals surface area contributed by atoms with Crippen LogP contribution < -0.4 is 10.1 Å². The smallest absolute Gasteiger partial charge is 0.252 e. The van der Waals surface area contributed by atoms with Gasteiger partial charge in [0.15, 0.2) is 0 Å². The van der Waals surface area contributed by atoms with Crippen molar-refractivity contribution < 1.29 is 14.6 Å². The number of aryl methyl sites for hydroxylation is 2. The van der Waals surface area contributed by atoms with Crippen molar-refractivity contribution >= 4 is 16.9 Å². The molecule has 1 aliphatic heterocycles. The van der Waals surface area contributed by atoms with E-state index in [1.807, 2.05) is 38.1 Å². The van der Waals surface area contributed by atoms with E-state index in [4.69, 9.17) is 4.74 Å². The Kier molecular flexibility index (Phi) is 4.28. The molecule has 0 fully saturated rings. The molecular weight excluding hydrogens is 342 g/mol. The van der Waals surface area contributed by atoms with Crippen molar-refractivity contribution in [2.75, 3.05) is 13.2 Å². The van der Waals surface area contributed by atoms with Crippen molar-refractivity contribution in [1.82, 2.24) is 15.3 Å². The summed E-state index contributed by atoms with van der Waals surface area (Å²) in [6, 6.07) is 12.9. The first-order valence-corrected chi connectivity index (χ1v) is 8.89. The van der Waals surface area contributed by atoms with Crippen molar-refractivity contribution in [2.24, 2.45) is 0 Å². The molecule has 3 aromatic rings. The average Bonchev–Trinajstić information content (AvgIpc) is 2.68. The molecule has 0 radical (unpaired) electrons. The highest BCUT2D eigenvalue weighted by Gasteiger charge is 2.37. The van der Waals surface area contributed by atoms with Gasteiger partial charge in [-0.3, -0.25) is 4.79 Å². The summed E-state index contributed by atoms with van der Waals surface area (Å²) >= 11 is 0. The van der Waals surface area contributed by atoms with Crippen LogP contribution in [0.25, 0.3) is 11.0 Å². The second kappa shape index (κ2) is 6.63. The Morgan fingerprint density at radius 1 is 1.15 bits per heavy atom. The lowest BCUT2D eigenvalue weighted by atomic mass is 9.89. The number of nitrogens with zero attached hydrogens (tertiary/aromatic N) is 2. The molecule has 1 atom stereocenters. The maximum atomic E-state index is 12.9. The van der Waals surface area contributed by atoms with E-state index in [9.17, 15) is 9.90 Å². The summed E-state index contributed by atoms with van der Waals surface area (Å²) in [6.45, 7) is 3.82. The monoisotopic (exact) mass is 363 g/mol. The second-order valence-corrected chi connectivity index (χ2v) is 7.06. The molecule has 2 N–H and O–H groups in total. The molecule has 138 valence electrons. The van der Waals surface area contributed by atoms with E-state index in [0.717, 1.165) is 28.2 Å². The maximum Gasteiger partial charge on any atom is 0.252 e. The van der Waals surface area contributed by atoms with Crippen LogP contribution in [-0.4, -0.2) is 39.7 Å². The van der Waals surface area contributed by atoms with Crippen LogP contribution in [0.5, 0.6) is 5.75 Å². The Hall–Kier alpha value is -2.99. The zero-order chi connectivity index (χ0) is 19.0. The van der Waals surface area contributed by atoms with Gasteiger partial charge in [-0.05, 0) is 43.7 Å². The number of fused-ring (bicyclic) bond motifs is 2. The number of carbonyl (C=O) groups is 1. The first kappa shape index (κ1) is 17.4. The molecule has 1 amide bonds. The number of aromatic nitrogens is 2. The number of rotatable bonds is 3. The molecule has 4 rings (SSSR count). The Bertz CT molecular complexity index is 1030. The fourth-order valence-electron chi connectivity index (χ4n) is 3.33. The number of aliphatic hydroxyl groups is 1. The summed E-state index contributed by atoms with van der Waals surface area (Å²) in [5.41, 5.74) is 3.73. The van der Waals surface area contributed by atoms with Gasteiger partial charge in [0, 0.05) is 12.0 Å². The van der Waals surface area contributed by atoms with E-state index < -0.39 is 5.54 Å². The molecule has 6 heteroatoms. The average molecular weight is 363 g/mol. The van der Waals surface area contributed by atoms with Crippen LogP contribution in [0.4, 0.5) is 0 Å². The summed E-state index contributed by atoms with van der Waals surface area (Å²) in [5, 5.41) is 13.0. The molecule has 0 saturated carbocycles. The number of hydrogen-bond donors (Lipinski definition) is 2. The van der Waals surface area contributed by atoms with E-state index in [2.05, 4.69) is 15.3 Å². The summed E-state index contributed by atoms with van der Waals surface area (Å²) in [5.74, 6) is 0.525. The number of ether oxygens (including phenoxy) is 1. The van der Waals surface area contributed by atoms with Gasteiger partial charge < -0.3 is 15.2 Å². The Morgan fingerprint density at radius 2 is 1.89 bits per heavy atom. The number of aliphatic hydroxyl groups excluding tert-OH is 1. The van der Waals surface area contributed by atoms with Crippen molar-refractivity contribution in [2.45, 2.75) is 25.8 Å². The Labute approximate surface area is 157 Å². The molecule has 0 spiro atoms. The zero-order valence-electron chi connectivity index (χ0n) is 15.3. The number of hydrogen-bond acceptors (Lipinski definition) is 5. The topological polar surface area (TPSA) is 84.3 Å². The quantitative estimate of drug-likeness (QED) is 0.746. The third kappa shape index (κ3) is 3.24. The molecule has 27 heavy (non-hydrogen) atoms. The van der Waals surface area contributed by atoms with Gasteiger partial charge in [-0.25, -0.2) is 9.97 Å². The lowest BCUT2D eigenvalue weighted by Crippen LogP contribution is -2.58. The normalized spacial score (nSPS) is 18.6. The SMILES string of the molecule is Cc1nc2ccc(C(=O)NC3(CO)COc4ccccc4C3)cc2nc1C. The minimum Gasteiger partial charge on any atom is -0.491 e. The molecule has 1 unspecified atom stereocenters. The van der Waals surface area contributed by atoms with Crippen molar-refractivity contribution in [3.63, 3.8) is 0 Å². The van der Waals surface area contributed by atoms with E-state index in [0.29, 0.717) is 17.5 Å². The van der Waals surface area contributed by atoms with Gasteiger partial charge in [-0.1, -0.05) is 18.2 Å². The highest BCUT2D eigenvalue weighted by atomic mass is 16.5. The first-order chi connectivity index (χ1) is 13.0. The zero-order valence-corrected chi connectivity index (χ0v) is 15.3. The van der Waals surface area contributed by atoms with Crippen molar-refractivity contribution in [1.29, 1.82) is 0 Å². The van der Waals surface area contributed by atoms with E-state index in [1.165, 1.54) is 0 Å². The molecule has 6 nitrogen and oxygen atoms in total. The van der Waals surface area contributed by atoms with E-state index in [1.54, 1.807) is 18.2 Å². The highest BCUT2D eigenvalue weighted by Crippen LogP contribution is 2.29. The van der Waals surface area contributed by atoms with Crippen LogP contribution in [0.15, 0.2) is 42.5 Å². The number of nitrogens with one attached hydrogen (secondary N) is 1. The predicted molar refractivity (Wildman–Crippen MR) is 102 cm³/mol. The lowest BCUT2D eigenvalue weighted by molar-refractivity contribution is 0.0653. The molecule has 2 heterocycles. The van der Waals surface area contributed by atoms with Gasteiger partial charge in [0.05, 0.1) is 29.0 Å². The van der Waals surface area contributed by atoms with E-state index >= 15 is 0 Å². The Balaban J connectivity index is 1.61. The number of carbonyl (C=O) groups excluding carboxylic acids is 1. The minimum atomic E-state index is -0.852. The first-order valence-electron chi connectivity index (χ1n) is 8.89. The number of amides is 1. The van der Waals surface area contributed by atoms with Crippen LogP contribution in [0.3, 0.4) is 0 Å². The van der Waals surface area contributed by atoms with Gasteiger partial charge >= 0.3 is 0 Å². The van der Waals surface area contributed by atoms with E-state index in [-0.39, 0.29) is 19.1 Å². The standard InChI is InChI=1S/C21H21N3O3/c1-13-14(2)23-18-9-15(7-8-17(18)22-13)20(26)24-21(11-25)10-16-5-3-4-6-19(16)27-12-21/h3-9,25H,10-12H2,1-2H3,(H,24,26). The van der Waals surface area contributed by atoms with Crippen LogP contribution in [0, 0.1) is 13.8 Å². The van der Waals surface area contributed by atoms with Crippen molar-refractivity contribution in [3.8, 4) is 5.75 Å². The largest absolute Gasteiger partial charge is 0.491 e. The third-order valence-corrected chi connectivity index (χ3v) is 5.02. The molecule has 1 aliphatic rings. The molecule has 0 aliphatic carbocycles. The Morgan fingerprint density at radius 3 is 2.67 bits per heavy atom. The summed E-state index contributed by atoms with van der Waals surface area (Å²) in [6.07, 6.45) is 0.511. The molecule has 2 aromatic carbocycles. The summed E-state index contributed by atoms with van der Waals surface area (Å²) in [4.78, 5) is 21.9. The minimum absolute atomic E-state index is 0.210.